The number of nitrogens with one attached hydrogen (secondary N) is 2. The molecule has 152 valence electrons. The quantitative estimate of drug-likeness (QED) is 0.420. The van der Waals surface area contributed by atoms with Crippen molar-refractivity contribution in [2.45, 2.75) is 0 Å². The molecule has 2 N–H and O–H groups in total. The van der Waals surface area contributed by atoms with E-state index in [0.717, 1.165) is 10.0 Å². The molecule has 0 heterocycles. The highest BCUT2D eigenvalue weighted by Crippen LogP contribution is 2.24. The summed E-state index contributed by atoms with van der Waals surface area (Å²) in [6.45, 7) is 0. The van der Waals surface area contributed by atoms with Crippen LogP contribution in [-0.4, -0.2) is 18.9 Å². The summed E-state index contributed by atoms with van der Waals surface area (Å²) in [4.78, 5) is 24.7. The monoisotopic (exact) mass is 484 g/mol. The molecule has 0 spiro atoms. The molecule has 3 aromatic carbocycles. The molecule has 5 nitrogen and oxygen atoms in total. The smallest absolute Gasteiger partial charge is 0.257 e. The van der Waals surface area contributed by atoms with Gasteiger partial charge in [0.1, 0.15) is 5.75 Å². The van der Waals surface area contributed by atoms with E-state index in [0.29, 0.717) is 27.7 Å². The van der Waals surface area contributed by atoms with Crippen molar-refractivity contribution in [3.05, 3.63) is 93.4 Å². The molecule has 0 saturated heterocycles. The third-order valence-corrected chi connectivity index (χ3v) is 4.94. The SMILES string of the molecule is COc1ccc(Br)cc1C=CC(=O)Nc1cccc(NC(=O)c2ccccc2Cl)c1. The molecular formula is C23H18BrClN2O3. The average Bonchev–Trinajstić information content (AvgIpc) is 2.73. The van der Waals surface area contributed by atoms with Crippen LogP contribution in [0.2, 0.25) is 5.02 Å². The third-order valence-electron chi connectivity index (χ3n) is 4.11. The van der Waals surface area contributed by atoms with Crippen molar-refractivity contribution in [2.75, 3.05) is 17.7 Å². The van der Waals surface area contributed by atoms with Crippen molar-refractivity contribution < 1.29 is 14.3 Å². The molecule has 0 aliphatic heterocycles. The topological polar surface area (TPSA) is 67.4 Å². The number of hydrogen-bond acceptors (Lipinski definition) is 3. The van der Waals surface area contributed by atoms with Crippen molar-refractivity contribution >= 4 is 56.8 Å². The van der Waals surface area contributed by atoms with Gasteiger partial charge in [-0.1, -0.05) is 45.7 Å². The normalized spacial score (nSPS) is 10.6. The molecule has 0 aliphatic rings. The van der Waals surface area contributed by atoms with Crippen molar-refractivity contribution in [2.24, 2.45) is 0 Å². The van der Waals surface area contributed by atoms with Crippen LogP contribution < -0.4 is 15.4 Å². The molecule has 0 bridgehead atoms. The minimum atomic E-state index is -0.328. The second kappa shape index (κ2) is 10.1. The Morgan fingerprint density at radius 3 is 2.43 bits per heavy atom. The molecule has 0 saturated carbocycles. The Morgan fingerprint density at radius 1 is 0.967 bits per heavy atom. The zero-order chi connectivity index (χ0) is 21.5. The number of benzene rings is 3. The first-order chi connectivity index (χ1) is 14.5. The fraction of sp³-hybridized carbons (Fsp3) is 0.0435. The lowest BCUT2D eigenvalue weighted by Crippen LogP contribution is -2.13. The Labute approximate surface area is 187 Å². The highest BCUT2D eigenvalue weighted by molar-refractivity contribution is 9.10. The molecule has 0 aliphatic carbocycles. The minimum absolute atomic E-state index is 0.313. The van der Waals surface area contributed by atoms with Gasteiger partial charge in [0.15, 0.2) is 0 Å². The van der Waals surface area contributed by atoms with E-state index < -0.39 is 0 Å². The second-order valence-electron chi connectivity index (χ2n) is 6.22. The highest BCUT2D eigenvalue weighted by atomic mass is 79.9. The standard InChI is InChI=1S/C23H18BrClN2O3/c1-30-21-11-10-16(24)13-15(21)9-12-22(28)26-17-5-4-6-18(14-17)27-23(29)19-7-2-3-8-20(19)25/h2-14H,1H3,(H,26,28)(H,27,29). The van der Waals surface area contributed by atoms with Gasteiger partial charge in [0.05, 0.1) is 17.7 Å². The molecule has 2 amide bonds. The summed E-state index contributed by atoms with van der Waals surface area (Å²) in [6.07, 6.45) is 3.08. The van der Waals surface area contributed by atoms with Gasteiger partial charge in [0, 0.05) is 27.5 Å². The Kier molecular flexibility index (Phi) is 7.27. The predicted molar refractivity (Wildman–Crippen MR) is 124 cm³/mol. The zero-order valence-corrected chi connectivity index (χ0v) is 18.3. The summed E-state index contributed by atoms with van der Waals surface area (Å²) in [6, 6.07) is 19.2. The number of anilines is 2. The number of ether oxygens (including phenoxy) is 1. The Morgan fingerprint density at radius 2 is 1.70 bits per heavy atom. The summed E-state index contributed by atoms with van der Waals surface area (Å²) >= 11 is 9.47. The van der Waals surface area contributed by atoms with E-state index in [2.05, 4.69) is 26.6 Å². The van der Waals surface area contributed by atoms with Crippen LogP contribution in [0.1, 0.15) is 15.9 Å². The lowest BCUT2D eigenvalue weighted by molar-refractivity contribution is -0.111. The first kappa shape index (κ1) is 21.6. The lowest BCUT2D eigenvalue weighted by atomic mass is 10.2. The van der Waals surface area contributed by atoms with E-state index in [-0.39, 0.29) is 11.8 Å². The molecular weight excluding hydrogens is 468 g/mol. The van der Waals surface area contributed by atoms with Crippen LogP contribution in [0.5, 0.6) is 5.75 Å². The Bertz CT molecular complexity index is 1120. The van der Waals surface area contributed by atoms with E-state index in [4.69, 9.17) is 16.3 Å². The highest BCUT2D eigenvalue weighted by Gasteiger charge is 2.10. The summed E-state index contributed by atoms with van der Waals surface area (Å²) in [5.41, 5.74) is 2.22. The lowest BCUT2D eigenvalue weighted by Gasteiger charge is -2.09. The van der Waals surface area contributed by atoms with Crippen molar-refractivity contribution in [1.82, 2.24) is 0 Å². The number of carbonyl (C=O) groups is 2. The number of halogens is 2. The van der Waals surface area contributed by atoms with Crippen molar-refractivity contribution in [3.63, 3.8) is 0 Å². The van der Waals surface area contributed by atoms with Crippen LogP contribution in [-0.2, 0) is 4.79 Å². The molecule has 0 fully saturated rings. The predicted octanol–water partition coefficient (Wildman–Crippen LogP) is 6.02. The molecule has 0 aromatic heterocycles. The Hall–Kier alpha value is -3.09. The fourth-order valence-electron chi connectivity index (χ4n) is 2.70. The number of methoxy groups -OCH3 is 1. The maximum atomic E-state index is 12.4. The van der Waals surface area contributed by atoms with E-state index in [9.17, 15) is 9.59 Å². The number of amides is 2. The van der Waals surface area contributed by atoms with Crippen LogP contribution in [0, 0.1) is 0 Å². The van der Waals surface area contributed by atoms with Gasteiger partial charge in [-0.25, -0.2) is 0 Å². The third kappa shape index (κ3) is 5.72. The van der Waals surface area contributed by atoms with Gasteiger partial charge in [0.25, 0.3) is 5.91 Å². The molecule has 3 aromatic rings. The van der Waals surface area contributed by atoms with Crippen LogP contribution in [0.3, 0.4) is 0 Å². The van der Waals surface area contributed by atoms with E-state index in [1.165, 1.54) is 6.08 Å². The number of carbonyl (C=O) groups excluding carboxylic acids is 2. The average molecular weight is 486 g/mol. The van der Waals surface area contributed by atoms with Gasteiger partial charge < -0.3 is 15.4 Å². The van der Waals surface area contributed by atoms with Gasteiger partial charge in [-0.3, -0.25) is 9.59 Å². The maximum absolute atomic E-state index is 12.4. The van der Waals surface area contributed by atoms with Gasteiger partial charge in [0.2, 0.25) is 5.91 Å². The molecule has 3 rings (SSSR count). The maximum Gasteiger partial charge on any atom is 0.257 e. The Balaban J connectivity index is 1.68. The second-order valence-corrected chi connectivity index (χ2v) is 7.55. The number of hydrogen-bond donors (Lipinski definition) is 2. The summed E-state index contributed by atoms with van der Waals surface area (Å²) in [5, 5.41) is 5.92. The molecule has 7 heteroatoms. The first-order valence-electron chi connectivity index (χ1n) is 8.95. The van der Waals surface area contributed by atoms with Crippen LogP contribution in [0.15, 0.2) is 77.3 Å². The minimum Gasteiger partial charge on any atom is -0.496 e. The van der Waals surface area contributed by atoms with Crippen molar-refractivity contribution in [1.29, 1.82) is 0 Å². The van der Waals surface area contributed by atoms with Gasteiger partial charge in [-0.15, -0.1) is 0 Å². The van der Waals surface area contributed by atoms with Crippen LogP contribution in [0.4, 0.5) is 11.4 Å². The summed E-state index contributed by atoms with van der Waals surface area (Å²) < 4.78 is 6.17. The van der Waals surface area contributed by atoms with Gasteiger partial charge >= 0.3 is 0 Å². The molecule has 0 radical (unpaired) electrons. The molecule has 30 heavy (non-hydrogen) atoms. The first-order valence-corrected chi connectivity index (χ1v) is 10.1. The largest absolute Gasteiger partial charge is 0.496 e. The fourth-order valence-corrected chi connectivity index (χ4v) is 3.30. The van der Waals surface area contributed by atoms with Crippen LogP contribution in [0.25, 0.3) is 6.08 Å². The molecule has 0 atom stereocenters. The van der Waals surface area contributed by atoms with E-state index in [1.54, 1.807) is 61.7 Å². The zero-order valence-electron chi connectivity index (χ0n) is 16.0. The van der Waals surface area contributed by atoms with E-state index in [1.807, 2.05) is 18.2 Å². The van der Waals surface area contributed by atoms with Gasteiger partial charge in [-0.05, 0) is 54.6 Å². The summed E-state index contributed by atoms with van der Waals surface area (Å²) in [7, 11) is 1.57. The van der Waals surface area contributed by atoms with Crippen LogP contribution >= 0.6 is 27.5 Å². The van der Waals surface area contributed by atoms with Gasteiger partial charge in [-0.2, -0.15) is 0 Å². The summed E-state index contributed by atoms with van der Waals surface area (Å²) in [5.74, 6) is 0.0175. The van der Waals surface area contributed by atoms with Crippen molar-refractivity contribution in [3.8, 4) is 5.75 Å². The van der Waals surface area contributed by atoms with E-state index >= 15 is 0 Å². The number of rotatable bonds is 6. The molecule has 0 unspecified atom stereocenters.